The second-order valence-electron chi connectivity index (χ2n) is 4.65. The van der Waals surface area contributed by atoms with E-state index in [4.69, 9.17) is 9.84 Å². The van der Waals surface area contributed by atoms with Crippen molar-refractivity contribution in [2.75, 3.05) is 6.61 Å². The Kier molecular flexibility index (Phi) is 6.56. The molecule has 0 saturated carbocycles. The van der Waals surface area contributed by atoms with Crippen molar-refractivity contribution in [2.24, 2.45) is 5.92 Å². The van der Waals surface area contributed by atoms with Gasteiger partial charge >= 0.3 is 12.1 Å². The highest BCUT2D eigenvalue weighted by Gasteiger charge is 2.27. The van der Waals surface area contributed by atoms with E-state index in [0.717, 1.165) is 18.4 Å². The van der Waals surface area contributed by atoms with Crippen molar-refractivity contribution < 1.29 is 19.4 Å². The van der Waals surface area contributed by atoms with Crippen LogP contribution in [0.2, 0.25) is 0 Å². The number of benzene rings is 1. The number of hydrogen-bond acceptors (Lipinski definition) is 3. The predicted octanol–water partition coefficient (Wildman–Crippen LogP) is 2.97. The lowest BCUT2D eigenvalue weighted by Crippen LogP contribution is -2.36. The zero-order valence-electron chi connectivity index (χ0n) is 11.8. The highest BCUT2D eigenvalue weighted by molar-refractivity contribution is 5.73. The van der Waals surface area contributed by atoms with Crippen LogP contribution in [0.4, 0.5) is 4.79 Å². The van der Waals surface area contributed by atoms with Crippen molar-refractivity contribution in [2.45, 2.75) is 32.7 Å². The van der Waals surface area contributed by atoms with Gasteiger partial charge < -0.3 is 15.2 Å². The minimum Gasteiger partial charge on any atom is -0.481 e. The van der Waals surface area contributed by atoms with E-state index in [1.54, 1.807) is 31.2 Å². The van der Waals surface area contributed by atoms with Gasteiger partial charge in [-0.2, -0.15) is 0 Å². The van der Waals surface area contributed by atoms with Gasteiger partial charge in [0, 0.05) is 0 Å². The molecule has 0 fully saturated rings. The first kappa shape index (κ1) is 16.0. The van der Waals surface area contributed by atoms with Gasteiger partial charge in [-0.25, -0.2) is 4.79 Å². The van der Waals surface area contributed by atoms with E-state index in [1.165, 1.54) is 0 Å². The van der Waals surface area contributed by atoms with E-state index in [9.17, 15) is 9.59 Å². The van der Waals surface area contributed by atoms with E-state index in [-0.39, 0.29) is 0 Å². The first-order chi connectivity index (χ1) is 9.56. The van der Waals surface area contributed by atoms with E-state index in [0.29, 0.717) is 6.61 Å². The van der Waals surface area contributed by atoms with Crippen molar-refractivity contribution >= 4 is 12.1 Å². The van der Waals surface area contributed by atoms with Crippen molar-refractivity contribution in [3.63, 3.8) is 0 Å². The molecule has 2 unspecified atom stereocenters. The van der Waals surface area contributed by atoms with Crippen LogP contribution in [0.1, 0.15) is 38.3 Å². The van der Waals surface area contributed by atoms with Gasteiger partial charge in [0.2, 0.25) is 0 Å². The maximum Gasteiger partial charge on any atom is 0.407 e. The Hall–Kier alpha value is -2.04. The molecule has 0 aromatic heterocycles. The summed E-state index contributed by atoms with van der Waals surface area (Å²) in [6.45, 7) is 3.90. The Morgan fingerprint density at radius 3 is 2.50 bits per heavy atom. The molecule has 0 aliphatic heterocycles. The van der Waals surface area contributed by atoms with Crippen LogP contribution >= 0.6 is 0 Å². The van der Waals surface area contributed by atoms with Crippen LogP contribution < -0.4 is 5.32 Å². The molecule has 5 heteroatoms. The Labute approximate surface area is 118 Å². The number of carbonyl (C=O) groups is 2. The van der Waals surface area contributed by atoms with E-state index in [1.807, 2.05) is 13.0 Å². The van der Waals surface area contributed by atoms with Gasteiger partial charge in [0.15, 0.2) is 0 Å². The topological polar surface area (TPSA) is 75.6 Å². The standard InChI is InChI=1S/C15H21NO4/c1-3-4-10-20-15(19)16-13(11(2)14(17)18)12-8-6-5-7-9-12/h5-9,11,13H,3-4,10H2,1-2H3,(H,16,19)(H,17,18). The first-order valence-corrected chi connectivity index (χ1v) is 6.77. The maximum absolute atomic E-state index is 11.7. The molecule has 2 atom stereocenters. The Balaban J connectivity index is 2.74. The average molecular weight is 279 g/mol. The molecule has 20 heavy (non-hydrogen) atoms. The van der Waals surface area contributed by atoms with Crippen molar-refractivity contribution in [1.82, 2.24) is 5.32 Å². The molecule has 0 radical (unpaired) electrons. The zero-order chi connectivity index (χ0) is 15.0. The number of hydrogen-bond donors (Lipinski definition) is 2. The number of nitrogens with one attached hydrogen (secondary N) is 1. The van der Waals surface area contributed by atoms with Gasteiger partial charge in [0.25, 0.3) is 0 Å². The van der Waals surface area contributed by atoms with E-state index < -0.39 is 24.0 Å². The van der Waals surface area contributed by atoms with Crippen LogP contribution in [0.15, 0.2) is 30.3 Å². The number of ether oxygens (including phenoxy) is 1. The number of rotatable bonds is 7. The number of amides is 1. The smallest absolute Gasteiger partial charge is 0.407 e. The van der Waals surface area contributed by atoms with Crippen molar-refractivity contribution in [1.29, 1.82) is 0 Å². The van der Waals surface area contributed by atoms with E-state index >= 15 is 0 Å². The molecular formula is C15H21NO4. The molecule has 110 valence electrons. The lowest BCUT2D eigenvalue weighted by Gasteiger charge is -2.22. The molecule has 0 saturated heterocycles. The lowest BCUT2D eigenvalue weighted by molar-refractivity contribution is -0.142. The first-order valence-electron chi connectivity index (χ1n) is 6.77. The molecule has 1 aromatic rings. The summed E-state index contributed by atoms with van der Waals surface area (Å²) >= 11 is 0. The van der Waals surface area contributed by atoms with Crippen LogP contribution in [0, 0.1) is 5.92 Å². The molecule has 2 N–H and O–H groups in total. The van der Waals surface area contributed by atoms with Crippen molar-refractivity contribution in [3.05, 3.63) is 35.9 Å². The molecule has 1 aromatic carbocycles. The molecule has 0 heterocycles. The summed E-state index contributed by atoms with van der Waals surface area (Å²) in [7, 11) is 0. The van der Waals surface area contributed by atoms with Crippen LogP contribution in [0.25, 0.3) is 0 Å². The summed E-state index contributed by atoms with van der Waals surface area (Å²) in [5, 5.41) is 11.8. The summed E-state index contributed by atoms with van der Waals surface area (Å²) in [5.74, 6) is -1.70. The quantitative estimate of drug-likeness (QED) is 0.752. The third kappa shape index (κ3) is 4.91. The number of unbranched alkanes of at least 4 members (excludes halogenated alkanes) is 1. The molecule has 0 bridgehead atoms. The van der Waals surface area contributed by atoms with Crippen LogP contribution in [0.5, 0.6) is 0 Å². The minimum atomic E-state index is -0.965. The largest absolute Gasteiger partial charge is 0.481 e. The molecule has 0 aliphatic rings. The third-order valence-electron chi connectivity index (χ3n) is 3.05. The van der Waals surface area contributed by atoms with Crippen LogP contribution in [-0.4, -0.2) is 23.8 Å². The van der Waals surface area contributed by atoms with Gasteiger partial charge in [0.05, 0.1) is 18.6 Å². The fraction of sp³-hybridized carbons (Fsp3) is 0.467. The van der Waals surface area contributed by atoms with Crippen LogP contribution in [0.3, 0.4) is 0 Å². The summed E-state index contributed by atoms with van der Waals surface area (Å²) in [6.07, 6.45) is 1.14. The van der Waals surface area contributed by atoms with Gasteiger partial charge in [-0.15, -0.1) is 0 Å². The SMILES string of the molecule is CCCCOC(=O)NC(c1ccccc1)C(C)C(=O)O. The fourth-order valence-corrected chi connectivity index (χ4v) is 1.78. The average Bonchev–Trinajstić information content (AvgIpc) is 2.45. The Morgan fingerprint density at radius 2 is 1.95 bits per heavy atom. The van der Waals surface area contributed by atoms with Crippen molar-refractivity contribution in [3.8, 4) is 0 Å². The summed E-state index contributed by atoms with van der Waals surface area (Å²) in [4.78, 5) is 22.9. The molecule has 1 rings (SSSR count). The zero-order valence-corrected chi connectivity index (χ0v) is 11.8. The van der Waals surface area contributed by atoms with Gasteiger partial charge in [-0.3, -0.25) is 4.79 Å². The third-order valence-corrected chi connectivity index (χ3v) is 3.05. The Morgan fingerprint density at radius 1 is 1.30 bits per heavy atom. The summed E-state index contributed by atoms with van der Waals surface area (Å²) in [5.41, 5.74) is 0.745. The second-order valence-corrected chi connectivity index (χ2v) is 4.65. The number of aliphatic carboxylic acids is 1. The highest BCUT2D eigenvalue weighted by Crippen LogP contribution is 2.22. The number of carboxylic acid groups (broad SMARTS) is 1. The van der Waals surface area contributed by atoms with Crippen LogP contribution in [-0.2, 0) is 9.53 Å². The predicted molar refractivity (Wildman–Crippen MR) is 75.4 cm³/mol. The van der Waals surface area contributed by atoms with Gasteiger partial charge in [-0.1, -0.05) is 43.7 Å². The normalized spacial score (nSPS) is 13.3. The summed E-state index contributed by atoms with van der Waals surface area (Å²) < 4.78 is 5.02. The maximum atomic E-state index is 11.7. The highest BCUT2D eigenvalue weighted by atomic mass is 16.5. The fourth-order valence-electron chi connectivity index (χ4n) is 1.78. The minimum absolute atomic E-state index is 0.339. The monoisotopic (exact) mass is 279 g/mol. The number of alkyl carbamates (subject to hydrolysis) is 1. The Bertz CT molecular complexity index is 433. The molecule has 1 amide bonds. The molecular weight excluding hydrogens is 258 g/mol. The lowest BCUT2D eigenvalue weighted by atomic mass is 9.95. The molecule has 5 nitrogen and oxygen atoms in total. The molecule has 0 aliphatic carbocycles. The second kappa shape index (κ2) is 8.19. The van der Waals surface area contributed by atoms with Gasteiger partial charge in [-0.05, 0) is 18.9 Å². The van der Waals surface area contributed by atoms with Gasteiger partial charge in [0.1, 0.15) is 0 Å². The molecule has 0 spiro atoms. The number of carbonyl (C=O) groups excluding carboxylic acids is 1. The number of carboxylic acids is 1. The van der Waals surface area contributed by atoms with E-state index in [2.05, 4.69) is 5.32 Å². The summed E-state index contributed by atoms with van der Waals surface area (Å²) in [6, 6.07) is 8.42.